The van der Waals surface area contributed by atoms with Crippen LogP contribution in [0.3, 0.4) is 0 Å². The van der Waals surface area contributed by atoms with Crippen LogP contribution in [0.4, 0.5) is 0 Å². The number of rotatable bonds is 4. The van der Waals surface area contributed by atoms with Gasteiger partial charge in [0, 0.05) is 30.0 Å². The van der Waals surface area contributed by atoms with E-state index in [1.54, 1.807) is 6.20 Å². The number of aromatic nitrogens is 1. The molecule has 1 heterocycles. The van der Waals surface area contributed by atoms with E-state index >= 15 is 0 Å². The minimum atomic E-state index is 0.904. The predicted molar refractivity (Wildman–Crippen MR) is 73.6 cm³/mol. The fourth-order valence-electron chi connectivity index (χ4n) is 1.80. The van der Waals surface area contributed by atoms with Crippen molar-refractivity contribution in [1.82, 2.24) is 9.88 Å². The van der Waals surface area contributed by atoms with Crippen LogP contribution in [0.5, 0.6) is 0 Å². The smallest absolute Gasteiger partial charge is 0.0410 e. The molecule has 3 heteroatoms. The van der Waals surface area contributed by atoms with Gasteiger partial charge in [-0.05, 0) is 40.2 Å². The molecule has 0 atom stereocenters. The Bertz CT molecular complexity index is 471. The minimum absolute atomic E-state index is 0.904. The Balaban J connectivity index is 1.96. The lowest BCUT2D eigenvalue weighted by Crippen LogP contribution is -2.17. The Morgan fingerprint density at radius 1 is 1.06 bits per heavy atom. The first kappa shape index (κ1) is 12.3. The Morgan fingerprint density at radius 2 is 1.76 bits per heavy atom. The van der Waals surface area contributed by atoms with Crippen molar-refractivity contribution in [3.63, 3.8) is 0 Å². The molecule has 2 rings (SSSR count). The summed E-state index contributed by atoms with van der Waals surface area (Å²) in [5.74, 6) is 0. The van der Waals surface area contributed by atoms with Gasteiger partial charge in [0.25, 0.3) is 0 Å². The fourth-order valence-corrected chi connectivity index (χ4v) is 2.22. The van der Waals surface area contributed by atoms with Gasteiger partial charge in [-0.25, -0.2) is 0 Å². The summed E-state index contributed by atoms with van der Waals surface area (Å²) in [6.07, 6.45) is 3.72. The average molecular weight is 291 g/mol. The molecular formula is C14H15BrN2. The van der Waals surface area contributed by atoms with Crippen LogP contribution in [0.2, 0.25) is 0 Å². The fraction of sp³-hybridized carbons (Fsp3) is 0.214. The highest BCUT2D eigenvalue weighted by Crippen LogP contribution is 2.12. The molecule has 0 saturated heterocycles. The quantitative estimate of drug-likeness (QED) is 0.857. The van der Waals surface area contributed by atoms with Gasteiger partial charge in [0.15, 0.2) is 0 Å². The molecule has 0 aliphatic heterocycles. The first-order chi connectivity index (χ1) is 8.24. The van der Waals surface area contributed by atoms with Crippen LogP contribution in [0.25, 0.3) is 0 Å². The molecule has 0 saturated carbocycles. The number of benzene rings is 1. The summed E-state index contributed by atoms with van der Waals surface area (Å²) >= 11 is 3.44. The van der Waals surface area contributed by atoms with Crippen molar-refractivity contribution < 1.29 is 0 Å². The molecule has 0 radical (unpaired) electrons. The van der Waals surface area contributed by atoms with E-state index in [4.69, 9.17) is 0 Å². The molecule has 88 valence electrons. The molecule has 0 N–H and O–H groups in total. The molecule has 0 aliphatic rings. The molecule has 0 unspecified atom stereocenters. The van der Waals surface area contributed by atoms with Crippen LogP contribution in [0, 0.1) is 0 Å². The molecule has 0 bridgehead atoms. The summed E-state index contributed by atoms with van der Waals surface area (Å²) in [6, 6.07) is 12.6. The van der Waals surface area contributed by atoms with E-state index in [0.29, 0.717) is 0 Å². The molecule has 1 aromatic carbocycles. The van der Waals surface area contributed by atoms with Gasteiger partial charge < -0.3 is 0 Å². The Labute approximate surface area is 110 Å². The predicted octanol–water partition coefficient (Wildman–Crippen LogP) is 3.48. The molecule has 1 aromatic heterocycles. The Kier molecular flexibility index (Phi) is 4.29. The number of hydrogen-bond donors (Lipinski definition) is 0. The second-order valence-electron chi connectivity index (χ2n) is 4.17. The molecule has 0 aliphatic carbocycles. The zero-order chi connectivity index (χ0) is 12.1. The maximum Gasteiger partial charge on any atom is 0.0410 e. The molecule has 2 nitrogen and oxygen atoms in total. The van der Waals surface area contributed by atoms with E-state index in [2.05, 4.69) is 63.2 Å². The number of nitrogens with zero attached hydrogens (tertiary/aromatic N) is 2. The van der Waals surface area contributed by atoms with E-state index in [1.807, 2.05) is 12.3 Å². The second-order valence-corrected chi connectivity index (χ2v) is 5.08. The lowest BCUT2D eigenvalue weighted by molar-refractivity contribution is 0.318. The lowest BCUT2D eigenvalue weighted by atomic mass is 10.2. The van der Waals surface area contributed by atoms with E-state index < -0.39 is 0 Å². The van der Waals surface area contributed by atoms with Crippen LogP contribution >= 0.6 is 15.9 Å². The molecule has 0 fully saturated rings. The molecule has 17 heavy (non-hydrogen) atoms. The van der Waals surface area contributed by atoms with E-state index in [-0.39, 0.29) is 0 Å². The SMILES string of the molecule is CN(Cc1ccccc1)Cc1cncc(Br)c1. The molecule has 0 spiro atoms. The van der Waals surface area contributed by atoms with Gasteiger partial charge in [-0.15, -0.1) is 0 Å². The van der Waals surface area contributed by atoms with Gasteiger partial charge in [0.05, 0.1) is 0 Å². The first-order valence-corrected chi connectivity index (χ1v) is 6.35. The van der Waals surface area contributed by atoms with Gasteiger partial charge in [0.1, 0.15) is 0 Å². The van der Waals surface area contributed by atoms with Crippen LogP contribution in [-0.2, 0) is 13.1 Å². The summed E-state index contributed by atoms with van der Waals surface area (Å²) < 4.78 is 1.03. The van der Waals surface area contributed by atoms with Crippen LogP contribution in [-0.4, -0.2) is 16.9 Å². The summed E-state index contributed by atoms with van der Waals surface area (Å²) in [5, 5.41) is 0. The maximum absolute atomic E-state index is 4.17. The van der Waals surface area contributed by atoms with Gasteiger partial charge >= 0.3 is 0 Å². The normalized spacial score (nSPS) is 10.8. The zero-order valence-electron chi connectivity index (χ0n) is 9.81. The number of halogens is 1. The van der Waals surface area contributed by atoms with Gasteiger partial charge in [-0.1, -0.05) is 30.3 Å². The highest BCUT2D eigenvalue weighted by atomic mass is 79.9. The van der Waals surface area contributed by atoms with E-state index in [9.17, 15) is 0 Å². The molecule has 2 aromatic rings. The zero-order valence-corrected chi connectivity index (χ0v) is 11.4. The number of pyridine rings is 1. The summed E-state index contributed by atoms with van der Waals surface area (Å²) in [6.45, 7) is 1.86. The highest BCUT2D eigenvalue weighted by molar-refractivity contribution is 9.10. The van der Waals surface area contributed by atoms with Gasteiger partial charge in [-0.3, -0.25) is 9.88 Å². The van der Waals surface area contributed by atoms with Crippen molar-refractivity contribution in [3.05, 3.63) is 64.4 Å². The summed E-state index contributed by atoms with van der Waals surface area (Å²) in [5.41, 5.74) is 2.55. The third-order valence-electron chi connectivity index (χ3n) is 2.51. The lowest BCUT2D eigenvalue weighted by Gasteiger charge is -2.16. The minimum Gasteiger partial charge on any atom is -0.298 e. The van der Waals surface area contributed by atoms with Gasteiger partial charge in [0.2, 0.25) is 0 Å². The van der Waals surface area contributed by atoms with Crippen molar-refractivity contribution in [1.29, 1.82) is 0 Å². The maximum atomic E-state index is 4.17. The van der Waals surface area contributed by atoms with Crippen molar-refractivity contribution in [2.45, 2.75) is 13.1 Å². The standard InChI is InChI=1S/C14H15BrN2/c1-17(10-12-5-3-2-4-6-12)11-13-7-14(15)9-16-8-13/h2-9H,10-11H2,1H3. The van der Waals surface area contributed by atoms with Crippen molar-refractivity contribution in [2.24, 2.45) is 0 Å². The van der Waals surface area contributed by atoms with Crippen LogP contribution < -0.4 is 0 Å². The average Bonchev–Trinajstić information content (AvgIpc) is 2.30. The Morgan fingerprint density at radius 3 is 2.47 bits per heavy atom. The van der Waals surface area contributed by atoms with Gasteiger partial charge in [-0.2, -0.15) is 0 Å². The third kappa shape index (κ3) is 3.95. The second kappa shape index (κ2) is 5.94. The number of hydrogen-bond acceptors (Lipinski definition) is 2. The van der Waals surface area contributed by atoms with E-state index in [0.717, 1.165) is 17.6 Å². The largest absolute Gasteiger partial charge is 0.298 e. The third-order valence-corrected chi connectivity index (χ3v) is 2.94. The Hall–Kier alpha value is -1.19. The topological polar surface area (TPSA) is 16.1 Å². The van der Waals surface area contributed by atoms with Crippen molar-refractivity contribution in [2.75, 3.05) is 7.05 Å². The van der Waals surface area contributed by atoms with Crippen LogP contribution in [0.15, 0.2) is 53.3 Å². The molecular weight excluding hydrogens is 276 g/mol. The highest BCUT2D eigenvalue weighted by Gasteiger charge is 2.02. The van der Waals surface area contributed by atoms with E-state index in [1.165, 1.54) is 11.1 Å². The summed E-state index contributed by atoms with van der Waals surface area (Å²) in [4.78, 5) is 6.45. The van der Waals surface area contributed by atoms with Crippen molar-refractivity contribution >= 4 is 15.9 Å². The first-order valence-electron chi connectivity index (χ1n) is 5.56. The summed E-state index contributed by atoms with van der Waals surface area (Å²) in [7, 11) is 2.12. The van der Waals surface area contributed by atoms with Crippen LogP contribution in [0.1, 0.15) is 11.1 Å². The van der Waals surface area contributed by atoms with Crippen molar-refractivity contribution in [3.8, 4) is 0 Å². The monoisotopic (exact) mass is 290 g/mol. The molecule has 0 amide bonds.